The van der Waals surface area contributed by atoms with Crippen molar-refractivity contribution in [2.24, 2.45) is 11.8 Å². The third-order valence-corrected chi connectivity index (χ3v) is 4.69. The number of likely N-dealkylation sites (tertiary alicyclic amines) is 1. The van der Waals surface area contributed by atoms with Crippen LogP contribution in [-0.4, -0.2) is 43.0 Å². The molecule has 0 spiro atoms. The lowest BCUT2D eigenvalue weighted by Crippen LogP contribution is -2.38. The Morgan fingerprint density at radius 2 is 1.96 bits per heavy atom. The van der Waals surface area contributed by atoms with Crippen molar-refractivity contribution in [3.63, 3.8) is 0 Å². The Balaban J connectivity index is 0.00000225. The number of nitrogens with zero attached hydrogens (tertiary/aromatic N) is 1. The zero-order chi connectivity index (χ0) is 17.3. The number of halogens is 4. The Kier molecular flexibility index (Phi) is 6.05. The SMILES string of the molecule is CC1C2CNCC2CN1C(=O)OCc1ccc(OC(F)(F)F)cc1.Cl. The monoisotopic (exact) mass is 380 g/mol. The number of alkyl halides is 3. The van der Waals surface area contributed by atoms with E-state index < -0.39 is 6.36 Å². The number of fused-ring (bicyclic) bond motifs is 1. The van der Waals surface area contributed by atoms with E-state index in [4.69, 9.17) is 4.74 Å². The normalized spacial score (nSPS) is 25.3. The Bertz CT molecular complexity index is 597. The van der Waals surface area contributed by atoms with Gasteiger partial charge in [0.05, 0.1) is 0 Å². The second-order valence-corrected chi connectivity index (χ2v) is 6.22. The third-order valence-electron chi connectivity index (χ3n) is 4.69. The molecule has 1 N–H and O–H groups in total. The molecule has 5 nitrogen and oxygen atoms in total. The van der Waals surface area contributed by atoms with E-state index in [9.17, 15) is 18.0 Å². The molecule has 1 amide bonds. The summed E-state index contributed by atoms with van der Waals surface area (Å²) in [5, 5.41) is 3.32. The van der Waals surface area contributed by atoms with E-state index in [-0.39, 0.29) is 36.9 Å². The Labute approximate surface area is 149 Å². The topological polar surface area (TPSA) is 50.8 Å². The van der Waals surface area contributed by atoms with E-state index in [1.807, 2.05) is 6.92 Å². The van der Waals surface area contributed by atoms with E-state index in [2.05, 4.69) is 10.1 Å². The molecular weight excluding hydrogens is 361 g/mol. The Morgan fingerprint density at radius 3 is 2.56 bits per heavy atom. The van der Waals surface area contributed by atoms with Gasteiger partial charge in [0.15, 0.2) is 0 Å². The molecule has 0 radical (unpaired) electrons. The molecule has 2 aliphatic heterocycles. The molecule has 2 aliphatic rings. The summed E-state index contributed by atoms with van der Waals surface area (Å²) in [5.41, 5.74) is 0.603. The van der Waals surface area contributed by atoms with Crippen LogP contribution < -0.4 is 10.1 Å². The number of hydrogen-bond donors (Lipinski definition) is 1. The first-order valence-electron chi connectivity index (χ1n) is 7.82. The highest BCUT2D eigenvalue weighted by atomic mass is 35.5. The van der Waals surface area contributed by atoms with Crippen molar-refractivity contribution in [3.8, 4) is 5.75 Å². The molecule has 0 saturated carbocycles. The number of benzene rings is 1. The lowest BCUT2D eigenvalue weighted by atomic mass is 9.95. The van der Waals surface area contributed by atoms with Crippen LogP contribution >= 0.6 is 12.4 Å². The quantitative estimate of drug-likeness (QED) is 0.875. The average Bonchev–Trinajstić information content (AvgIpc) is 3.08. The van der Waals surface area contributed by atoms with Crippen molar-refractivity contribution < 1.29 is 27.4 Å². The Hall–Kier alpha value is -1.67. The average molecular weight is 381 g/mol. The van der Waals surface area contributed by atoms with E-state index in [0.717, 1.165) is 13.1 Å². The maximum absolute atomic E-state index is 12.2. The molecule has 3 unspecified atom stereocenters. The second-order valence-electron chi connectivity index (χ2n) is 6.22. The number of carbonyl (C=O) groups excluding carboxylic acids is 1. The lowest BCUT2D eigenvalue weighted by Gasteiger charge is -2.23. The zero-order valence-corrected chi connectivity index (χ0v) is 14.4. The minimum absolute atomic E-state index is 0. The van der Waals surface area contributed by atoms with E-state index in [0.29, 0.717) is 23.9 Å². The molecular formula is C16H20ClF3N2O3. The summed E-state index contributed by atoms with van der Waals surface area (Å²) in [5.74, 6) is 0.619. The molecule has 0 aromatic heterocycles. The first kappa shape index (κ1) is 19.7. The molecule has 25 heavy (non-hydrogen) atoms. The van der Waals surface area contributed by atoms with Crippen LogP contribution in [0.15, 0.2) is 24.3 Å². The van der Waals surface area contributed by atoms with Gasteiger partial charge in [0.25, 0.3) is 0 Å². The molecule has 0 bridgehead atoms. The molecule has 1 aromatic rings. The fraction of sp³-hybridized carbons (Fsp3) is 0.562. The maximum atomic E-state index is 12.2. The number of amides is 1. The van der Waals surface area contributed by atoms with Crippen molar-refractivity contribution in [2.45, 2.75) is 25.9 Å². The minimum atomic E-state index is -4.72. The summed E-state index contributed by atoms with van der Waals surface area (Å²) < 4.78 is 45.4. The van der Waals surface area contributed by atoms with Crippen LogP contribution in [0.5, 0.6) is 5.75 Å². The van der Waals surface area contributed by atoms with Crippen LogP contribution in [0.2, 0.25) is 0 Å². The van der Waals surface area contributed by atoms with Gasteiger partial charge < -0.3 is 19.7 Å². The molecule has 0 aliphatic carbocycles. The number of ether oxygens (including phenoxy) is 2. The first-order valence-corrected chi connectivity index (χ1v) is 7.82. The summed E-state index contributed by atoms with van der Waals surface area (Å²) in [6, 6.07) is 5.41. The predicted octanol–water partition coefficient (Wildman–Crippen LogP) is 3.18. The minimum Gasteiger partial charge on any atom is -0.445 e. The van der Waals surface area contributed by atoms with Gasteiger partial charge in [-0.15, -0.1) is 25.6 Å². The zero-order valence-electron chi connectivity index (χ0n) is 13.6. The van der Waals surface area contributed by atoms with E-state index in [1.54, 1.807) is 4.90 Å². The van der Waals surface area contributed by atoms with Crippen molar-refractivity contribution >= 4 is 18.5 Å². The van der Waals surface area contributed by atoms with Gasteiger partial charge in [-0.1, -0.05) is 12.1 Å². The van der Waals surface area contributed by atoms with Gasteiger partial charge in [0, 0.05) is 25.7 Å². The van der Waals surface area contributed by atoms with Gasteiger partial charge in [-0.3, -0.25) is 0 Å². The van der Waals surface area contributed by atoms with Gasteiger partial charge in [-0.25, -0.2) is 4.79 Å². The fourth-order valence-electron chi connectivity index (χ4n) is 3.42. The molecule has 1 aromatic carbocycles. The summed E-state index contributed by atoms with van der Waals surface area (Å²) in [4.78, 5) is 14.0. The molecule has 2 fully saturated rings. The summed E-state index contributed by atoms with van der Waals surface area (Å²) in [7, 11) is 0. The van der Waals surface area contributed by atoms with Gasteiger partial charge in [-0.05, 0) is 36.5 Å². The predicted molar refractivity (Wildman–Crippen MR) is 86.6 cm³/mol. The number of hydrogen-bond acceptors (Lipinski definition) is 4. The first-order chi connectivity index (χ1) is 11.3. The van der Waals surface area contributed by atoms with Crippen molar-refractivity contribution in [1.82, 2.24) is 10.2 Å². The third kappa shape index (κ3) is 4.70. The highest BCUT2D eigenvalue weighted by Crippen LogP contribution is 2.32. The van der Waals surface area contributed by atoms with Crippen LogP contribution in [0.25, 0.3) is 0 Å². The van der Waals surface area contributed by atoms with Gasteiger partial charge >= 0.3 is 12.5 Å². The largest absolute Gasteiger partial charge is 0.573 e. The van der Waals surface area contributed by atoms with Crippen LogP contribution in [0, 0.1) is 11.8 Å². The van der Waals surface area contributed by atoms with Gasteiger partial charge in [0.2, 0.25) is 0 Å². The summed E-state index contributed by atoms with van der Waals surface area (Å²) in [6.45, 7) is 4.54. The van der Waals surface area contributed by atoms with Crippen LogP contribution in [0.4, 0.5) is 18.0 Å². The Morgan fingerprint density at radius 1 is 1.28 bits per heavy atom. The van der Waals surface area contributed by atoms with Crippen LogP contribution in [0.1, 0.15) is 12.5 Å². The van der Waals surface area contributed by atoms with Crippen molar-refractivity contribution in [1.29, 1.82) is 0 Å². The molecule has 2 heterocycles. The number of carbonyl (C=O) groups is 1. The van der Waals surface area contributed by atoms with Crippen LogP contribution in [-0.2, 0) is 11.3 Å². The molecule has 3 rings (SSSR count). The number of rotatable bonds is 3. The number of nitrogens with one attached hydrogen (secondary N) is 1. The molecule has 140 valence electrons. The summed E-state index contributed by atoms with van der Waals surface area (Å²) >= 11 is 0. The van der Waals surface area contributed by atoms with Crippen molar-refractivity contribution in [3.05, 3.63) is 29.8 Å². The smallest absolute Gasteiger partial charge is 0.445 e. The second kappa shape index (κ2) is 7.70. The maximum Gasteiger partial charge on any atom is 0.573 e. The van der Waals surface area contributed by atoms with Crippen molar-refractivity contribution in [2.75, 3.05) is 19.6 Å². The van der Waals surface area contributed by atoms with Gasteiger partial charge in [-0.2, -0.15) is 0 Å². The standard InChI is InChI=1S/C16H19F3N2O3.ClH/c1-10-14-7-20-6-12(14)8-21(10)15(22)23-9-11-2-4-13(5-3-11)24-16(17,18)19;/h2-5,10,12,14,20H,6-9H2,1H3;1H. The molecule has 3 atom stereocenters. The summed E-state index contributed by atoms with van der Waals surface area (Å²) in [6.07, 6.45) is -5.10. The lowest BCUT2D eigenvalue weighted by molar-refractivity contribution is -0.274. The fourth-order valence-corrected chi connectivity index (χ4v) is 3.42. The molecule has 2 saturated heterocycles. The highest BCUT2D eigenvalue weighted by molar-refractivity contribution is 5.85. The van der Waals surface area contributed by atoms with E-state index >= 15 is 0 Å². The van der Waals surface area contributed by atoms with Crippen LogP contribution in [0.3, 0.4) is 0 Å². The van der Waals surface area contributed by atoms with E-state index in [1.165, 1.54) is 24.3 Å². The molecule has 9 heteroatoms. The van der Waals surface area contributed by atoms with Gasteiger partial charge in [0.1, 0.15) is 12.4 Å². The highest BCUT2D eigenvalue weighted by Gasteiger charge is 2.44.